The van der Waals surface area contributed by atoms with Crippen LogP contribution < -0.4 is 10.1 Å². The first kappa shape index (κ1) is 17.2. The normalized spacial score (nSPS) is 10.5. The third-order valence-electron chi connectivity index (χ3n) is 3.70. The maximum absolute atomic E-state index is 12.3. The monoisotopic (exact) mass is 399 g/mol. The van der Waals surface area contributed by atoms with Crippen LogP contribution in [0.25, 0.3) is 0 Å². The van der Waals surface area contributed by atoms with E-state index in [1.807, 2.05) is 48.5 Å². The predicted octanol–water partition coefficient (Wildman–Crippen LogP) is 3.88. The fraction of sp³-hybridized carbons (Fsp3) is 0.158. The first-order valence-electron chi connectivity index (χ1n) is 7.83. The van der Waals surface area contributed by atoms with Crippen LogP contribution in [0.3, 0.4) is 0 Å². The molecule has 0 aliphatic heterocycles. The van der Waals surface area contributed by atoms with Gasteiger partial charge < -0.3 is 10.1 Å². The number of aromatic nitrogens is 2. The molecule has 0 aliphatic carbocycles. The Bertz CT molecular complexity index is 876. The molecule has 1 amide bonds. The SMILES string of the molecule is COc1cccc(CC(=O)Nc2ccnn2Cc2cccc(Br)c2)c1. The number of hydrogen-bond acceptors (Lipinski definition) is 3. The first-order valence-corrected chi connectivity index (χ1v) is 8.62. The van der Waals surface area contributed by atoms with Gasteiger partial charge in [0.25, 0.3) is 0 Å². The molecule has 0 fully saturated rings. The van der Waals surface area contributed by atoms with E-state index in [9.17, 15) is 4.79 Å². The zero-order chi connectivity index (χ0) is 17.6. The molecular weight excluding hydrogens is 382 g/mol. The summed E-state index contributed by atoms with van der Waals surface area (Å²) in [5.41, 5.74) is 2.00. The van der Waals surface area contributed by atoms with Gasteiger partial charge >= 0.3 is 0 Å². The lowest BCUT2D eigenvalue weighted by atomic mass is 10.1. The van der Waals surface area contributed by atoms with E-state index in [2.05, 4.69) is 26.3 Å². The molecule has 5 nitrogen and oxygen atoms in total. The fourth-order valence-corrected chi connectivity index (χ4v) is 2.97. The van der Waals surface area contributed by atoms with Crippen molar-refractivity contribution in [3.63, 3.8) is 0 Å². The molecule has 1 aromatic heterocycles. The highest BCUT2D eigenvalue weighted by molar-refractivity contribution is 9.10. The third kappa shape index (κ3) is 4.70. The maximum atomic E-state index is 12.3. The Kier molecular flexibility index (Phi) is 5.50. The summed E-state index contributed by atoms with van der Waals surface area (Å²) in [6.07, 6.45) is 1.96. The number of hydrogen-bond donors (Lipinski definition) is 1. The summed E-state index contributed by atoms with van der Waals surface area (Å²) >= 11 is 3.46. The molecule has 1 N–H and O–H groups in total. The van der Waals surface area contributed by atoms with Crippen LogP contribution in [0.15, 0.2) is 65.3 Å². The molecule has 1 heterocycles. The number of nitrogens with one attached hydrogen (secondary N) is 1. The third-order valence-corrected chi connectivity index (χ3v) is 4.20. The average molecular weight is 400 g/mol. The highest BCUT2D eigenvalue weighted by Crippen LogP contribution is 2.16. The Hall–Kier alpha value is -2.60. The summed E-state index contributed by atoms with van der Waals surface area (Å²) < 4.78 is 7.97. The summed E-state index contributed by atoms with van der Waals surface area (Å²) in [7, 11) is 1.61. The van der Waals surface area contributed by atoms with Crippen LogP contribution in [-0.2, 0) is 17.8 Å². The number of carbonyl (C=O) groups is 1. The summed E-state index contributed by atoms with van der Waals surface area (Å²) in [5, 5.41) is 7.22. The van der Waals surface area contributed by atoms with Crippen LogP contribution in [0.4, 0.5) is 5.82 Å². The Labute approximate surface area is 154 Å². The van der Waals surface area contributed by atoms with Crippen molar-refractivity contribution >= 4 is 27.7 Å². The Balaban J connectivity index is 1.67. The Morgan fingerprint density at radius 2 is 1.96 bits per heavy atom. The average Bonchev–Trinajstić information content (AvgIpc) is 3.01. The standard InChI is InChI=1S/C19H18BrN3O2/c1-25-17-7-3-4-14(11-17)12-19(24)22-18-8-9-21-23(18)13-15-5-2-6-16(20)10-15/h2-11H,12-13H2,1H3,(H,22,24). The van der Waals surface area contributed by atoms with E-state index in [0.29, 0.717) is 12.4 Å². The van der Waals surface area contributed by atoms with E-state index >= 15 is 0 Å². The number of carbonyl (C=O) groups excluding carboxylic acids is 1. The van der Waals surface area contributed by atoms with E-state index in [4.69, 9.17) is 4.74 Å². The molecule has 3 aromatic rings. The molecule has 6 heteroatoms. The van der Waals surface area contributed by atoms with E-state index in [-0.39, 0.29) is 12.3 Å². The molecule has 128 valence electrons. The number of ether oxygens (including phenoxy) is 1. The van der Waals surface area contributed by atoms with Gasteiger partial charge in [-0.2, -0.15) is 5.10 Å². The van der Waals surface area contributed by atoms with Crippen LogP contribution in [0.1, 0.15) is 11.1 Å². The molecule has 0 saturated carbocycles. The van der Waals surface area contributed by atoms with Crippen molar-refractivity contribution < 1.29 is 9.53 Å². The van der Waals surface area contributed by atoms with Crippen LogP contribution >= 0.6 is 15.9 Å². The molecule has 0 aliphatic rings. The molecule has 0 unspecified atom stereocenters. The maximum Gasteiger partial charge on any atom is 0.229 e. The minimum atomic E-state index is -0.0933. The van der Waals surface area contributed by atoms with E-state index < -0.39 is 0 Å². The molecule has 0 saturated heterocycles. The number of rotatable bonds is 6. The van der Waals surface area contributed by atoms with Crippen molar-refractivity contribution in [1.29, 1.82) is 0 Å². The van der Waals surface area contributed by atoms with E-state index in [1.165, 1.54) is 0 Å². The first-order chi connectivity index (χ1) is 12.1. The minimum absolute atomic E-state index is 0.0933. The number of amides is 1. The van der Waals surface area contributed by atoms with Crippen LogP contribution in [0.2, 0.25) is 0 Å². The zero-order valence-electron chi connectivity index (χ0n) is 13.8. The van der Waals surface area contributed by atoms with E-state index in [0.717, 1.165) is 21.3 Å². The van der Waals surface area contributed by atoms with Crippen LogP contribution in [0, 0.1) is 0 Å². The van der Waals surface area contributed by atoms with Gasteiger partial charge in [0, 0.05) is 10.5 Å². The second-order valence-corrected chi connectivity index (χ2v) is 6.50. The number of nitrogens with zero attached hydrogens (tertiary/aromatic N) is 2. The van der Waals surface area contributed by atoms with Crippen molar-refractivity contribution in [3.8, 4) is 5.75 Å². The summed E-state index contributed by atoms with van der Waals surface area (Å²) in [5.74, 6) is 1.32. The highest BCUT2D eigenvalue weighted by atomic mass is 79.9. The number of benzene rings is 2. The van der Waals surface area contributed by atoms with Crippen LogP contribution in [-0.4, -0.2) is 22.8 Å². The molecule has 2 aromatic carbocycles. The summed E-state index contributed by atoms with van der Waals surface area (Å²) in [6.45, 7) is 0.585. The van der Waals surface area contributed by atoms with E-state index in [1.54, 1.807) is 24.1 Å². The molecule has 3 rings (SSSR count). The lowest BCUT2D eigenvalue weighted by Gasteiger charge is -2.10. The largest absolute Gasteiger partial charge is 0.497 e. The van der Waals surface area contributed by atoms with Crippen molar-refractivity contribution in [1.82, 2.24) is 9.78 Å². The lowest BCUT2D eigenvalue weighted by molar-refractivity contribution is -0.115. The van der Waals surface area contributed by atoms with Gasteiger partial charge in [-0.1, -0.05) is 40.2 Å². The Morgan fingerprint density at radius 1 is 1.16 bits per heavy atom. The molecule has 0 atom stereocenters. The van der Waals surface area contributed by atoms with Gasteiger partial charge in [0.2, 0.25) is 5.91 Å². The summed E-state index contributed by atoms with van der Waals surface area (Å²) in [6, 6.07) is 17.3. The lowest BCUT2D eigenvalue weighted by Crippen LogP contribution is -2.18. The molecule has 25 heavy (non-hydrogen) atoms. The fourth-order valence-electron chi connectivity index (χ4n) is 2.53. The number of anilines is 1. The summed E-state index contributed by atoms with van der Waals surface area (Å²) in [4.78, 5) is 12.3. The Morgan fingerprint density at radius 3 is 2.76 bits per heavy atom. The second-order valence-electron chi connectivity index (χ2n) is 5.58. The topological polar surface area (TPSA) is 56.1 Å². The van der Waals surface area contributed by atoms with Gasteiger partial charge in [0.15, 0.2) is 0 Å². The molecule has 0 spiro atoms. The quantitative estimate of drug-likeness (QED) is 0.683. The second kappa shape index (κ2) is 7.98. The highest BCUT2D eigenvalue weighted by Gasteiger charge is 2.09. The van der Waals surface area contributed by atoms with Gasteiger partial charge in [0.05, 0.1) is 26.3 Å². The number of halogens is 1. The predicted molar refractivity (Wildman–Crippen MR) is 101 cm³/mol. The van der Waals surface area contributed by atoms with Crippen LogP contribution in [0.5, 0.6) is 5.75 Å². The van der Waals surface area contributed by atoms with Gasteiger partial charge in [0.1, 0.15) is 11.6 Å². The van der Waals surface area contributed by atoms with Gasteiger partial charge in [-0.15, -0.1) is 0 Å². The smallest absolute Gasteiger partial charge is 0.229 e. The van der Waals surface area contributed by atoms with Gasteiger partial charge in [-0.3, -0.25) is 4.79 Å². The van der Waals surface area contributed by atoms with Crippen molar-refractivity contribution in [2.75, 3.05) is 12.4 Å². The molecular formula is C19H18BrN3O2. The van der Waals surface area contributed by atoms with Gasteiger partial charge in [-0.05, 0) is 35.4 Å². The van der Waals surface area contributed by atoms with Crippen molar-refractivity contribution in [2.45, 2.75) is 13.0 Å². The van der Waals surface area contributed by atoms with Crippen molar-refractivity contribution in [2.24, 2.45) is 0 Å². The number of methoxy groups -OCH3 is 1. The molecule has 0 radical (unpaired) electrons. The minimum Gasteiger partial charge on any atom is -0.497 e. The zero-order valence-corrected chi connectivity index (χ0v) is 15.4. The molecule has 0 bridgehead atoms. The van der Waals surface area contributed by atoms with Crippen molar-refractivity contribution in [3.05, 3.63) is 76.4 Å². The van der Waals surface area contributed by atoms with Gasteiger partial charge in [-0.25, -0.2) is 4.68 Å².